The lowest BCUT2D eigenvalue weighted by Crippen LogP contribution is -2.44. The standard InChI is InChI=1S/C9H18N2O4S/c1-2-3-8(6-9(12)13)11-16(14,15)10-7-4-5-7/h7-8,10-11H,2-6H2,1H3,(H,12,13). The summed E-state index contributed by atoms with van der Waals surface area (Å²) < 4.78 is 27.9. The lowest BCUT2D eigenvalue weighted by molar-refractivity contribution is -0.137. The summed E-state index contributed by atoms with van der Waals surface area (Å²) >= 11 is 0. The number of carboxylic acid groups (broad SMARTS) is 1. The van der Waals surface area contributed by atoms with E-state index in [0.717, 1.165) is 19.3 Å². The molecule has 6 nitrogen and oxygen atoms in total. The molecule has 1 fully saturated rings. The fraction of sp³-hybridized carbons (Fsp3) is 0.889. The van der Waals surface area contributed by atoms with Crippen LogP contribution in [-0.2, 0) is 15.0 Å². The second-order valence-corrected chi connectivity index (χ2v) is 5.58. The highest BCUT2D eigenvalue weighted by atomic mass is 32.2. The zero-order valence-corrected chi connectivity index (χ0v) is 10.1. The van der Waals surface area contributed by atoms with Crippen LogP contribution in [0.2, 0.25) is 0 Å². The van der Waals surface area contributed by atoms with Gasteiger partial charge in [0.05, 0.1) is 6.42 Å². The Morgan fingerprint density at radius 1 is 1.50 bits per heavy atom. The zero-order chi connectivity index (χ0) is 12.2. The van der Waals surface area contributed by atoms with E-state index in [1.54, 1.807) is 0 Å². The van der Waals surface area contributed by atoms with Crippen LogP contribution in [0, 0.1) is 0 Å². The van der Waals surface area contributed by atoms with Crippen molar-refractivity contribution in [2.75, 3.05) is 0 Å². The van der Waals surface area contributed by atoms with Gasteiger partial charge in [-0.2, -0.15) is 17.9 Å². The van der Waals surface area contributed by atoms with E-state index in [1.807, 2.05) is 6.92 Å². The molecule has 1 atom stereocenters. The van der Waals surface area contributed by atoms with Crippen molar-refractivity contribution in [2.45, 2.75) is 51.1 Å². The van der Waals surface area contributed by atoms with Crippen molar-refractivity contribution in [3.8, 4) is 0 Å². The molecule has 0 aliphatic heterocycles. The summed E-state index contributed by atoms with van der Waals surface area (Å²) in [6, 6.07) is -0.497. The summed E-state index contributed by atoms with van der Waals surface area (Å²) in [6.07, 6.45) is 2.80. The van der Waals surface area contributed by atoms with Gasteiger partial charge in [0.2, 0.25) is 0 Å². The third-order valence-electron chi connectivity index (χ3n) is 2.28. The molecule has 1 saturated carbocycles. The van der Waals surface area contributed by atoms with Crippen LogP contribution >= 0.6 is 0 Å². The van der Waals surface area contributed by atoms with Gasteiger partial charge in [0, 0.05) is 12.1 Å². The van der Waals surface area contributed by atoms with Gasteiger partial charge >= 0.3 is 5.97 Å². The van der Waals surface area contributed by atoms with Crippen molar-refractivity contribution in [3.05, 3.63) is 0 Å². The fourth-order valence-corrected chi connectivity index (χ4v) is 2.82. The molecule has 7 heteroatoms. The monoisotopic (exact) mass is 250 g/mol. The second-order valence-electron chi connectivity index (χ2n) is 4.10. The minimum atomic E-state index is -3.55. The quantitative estimate of drug-likeness (QED) is 0.574. The summed E-state index contributed by atoms with van der Waals surface area (Å²) in [4.78, 5) is 10.5. The van der Waals surface area contributed by atoms with E-state index in [2.05, 4.69) is 9.44 Å². The number of rotatable bonds is 8. The Hall–Kier alpha value is -0.660. The van der Waals surface area contributed by atoms with Gasteiger partial charge in [0.15, 0.2) is 0 Å². The van der Waals surface area contributed by atoms with Crippen molar-refractivity contribution in [2.24, 2.45) is 0 Å². The molecule has 0 aromatic heterocycles. The number of carbonyl (C=O) groups is 1. The highest BCUT2D eigenvalue weighted by Gasteiger charge is 2.28. The Balaban J connectivity index is 2.47. The third kappa shape index (κ3) is 5.43. The first-order chi connectivity index (χ1) is 7.43. The van der Waals surface area contributed by atoms with Crippen LogP contribution in [0.25, 0.3) is 0 Å². The first-order valence-corrected chi connectivity index (χ1v) is 6.92. The maximum absolute atomic E-state index is 11.5. The van der Waals surface area contributed by atoms with E-state index in [1.165, 1.54) is 0 Å². The van der Waals surface area contributed by atoms with E-state index < -0.39 is 22.2 Å². The van der Waals surface area contributed by atoms with E-state index in [-0.39, 0.29) is 12.5 Å². The molecule has 0 spiro atoms. The van der Waals surface area contributed by atoms with E-state index in [4.69, 9.17) is 5.11 Å². The molecule has 1 rings (SSSR count). The van der Waals surface area contributed by atoms with Crippen LogP contribution in [0.15, 0.2) is 0 Å². The highest BCUT2D eigenvalue weighted by molar-refractivity contribution is 7.87. The van der Waals surface area contributed by atoms with Gasteiger partial charge in [0.25, 0.3) is 10.2 Å². The van der Waals surface area contributed by atoms with Crippen LogP contribution in [0.3, 0.4) is 0 Å². The zero-order valence-electron chi connectivity index (χ0n) is 9.27. The van der Waals surface area contributed by atoms with E-state index in [9.17, 15) is 13.2 Å². The van der Waals surface area contributed by atoms with Crippen LogP contribution in [0.5, 0.6) is 0 Å². The molecule has 0 bridgehead atoms. The molecule has 0 heterocycles. The van der Waals surface area contributed by atoms with Gasteiger partial charge in [-0.3, -0.25) is 4.79 Å². The largest absolute Gasteiger partial charge is 0.481 e. The maximum Gasteiger partial charge on any atom is 0.304 e. The number of hydrogen-bond donors (Lipinski definition) is 3. The maximum atomic E-state index is 11.5. The van der Waals surface area contributed by atoms with Gasteiger partial charge < -0.3 is 5.11 Å². The smallest absolute Gasteiger partial charge is 0.304 e. The Bertz CT molecular complexity index is 337. The fourth-order valence-electron chi connectivity index (χ4n) is 1.44. The number of aliphatic carboxylic acids is 1. The molecule has 16 heavy (non-hydrogen) atoms. The molecular weight excluding hydrogens is 232 g/mol. The van der Waals surface area contributed by atoms with Gasteiger partial charge in [-0.1, -0.05) is 13.3 Å². The minimum absolute atomic E-state index is 0.0320. The predicted octanol–water partition coefficient (Wildman–Crippen LogP) is 0.216. The van der Waals surface area contributed by atoms with Crippen molar-refractivity contribution >= 4 is 16.2 Å². The average molecular weight is 250 g/mol. The summed E-state index contributed by atoms with van der Waals surface area (Å²) in [5.41, 5.74) is 0. The molecule has 0 amide bonds. The number of nitrogens with one attached hydrogen (secondary N) is 2. The molecule has 0 radical (unpaired) electrons. The molecule has 3 N–H and O–H groups in total. The summed E-state index contributed by atoms with van der Waals surface area (Å²) in [5, 5.41) is 8.65. The van der Waals surface area contributed by atoms with Crippen LogP contribution in [0.4, 0.5) is 0 Å². The van der Waals surface area contributed by atoms with E-state index >= 15 is 0 Å². The van der Waals surface area contributed by atoms with Gasteiger partial charge in [0.1, 0.15) is 0 Å². The topological polar surface area (TPSA) is 95.5 Å². The Kier molecular flexibility index (Phi) is 4.69. The van der Waals surface area contributed by atoms with Crippen molar-refractivity contribution < 1.29 is 18.3 Å². The highest BCUT2D eigenvalue weighted by Crippen LogP contribution is 2.19. The number of carboxylic acids is 1. The Morgan fingerprint density at radius 2 is 2.12 bits per heavy atom. The Morgan fingerprint density at radius 3 is 2.56 bits per heavy atom. The molecule has 1 aliphatic rings. The van der Waals surface area contributed by atoms with Crippen LogP contribution in [-0.4, -0.2) is 31.6 Å². The summed E-state index contributed by atoms with van der Waals surface area (Å²) in [7, 11) is -3.55. The third-order valence-corrected chi connectivity index (χ3v) is 3.57. The Labute approximate surface area is 95.6 Å². The van der Waals surface area contributed by atoms with Crippen molar-refractivity contribution in [1.82, 2.24) is 9.44 Å². The van der Waals surface area contributed by atoms with Gasteiger partial charge in [-0.05, 0) is 19.3 Å². The lowest BCUT2D eigenvalue weighted by atomic mass is 10.1. The first-order valence-electron chi connectivity index (χ1n) is 5.44. The molecule has 94 valence electrons. The van der Waals surface area contributed by atoms with Crippen LogP contribution < -0.4 is 9.44 Å². The molecular formula is C9H18N2O4S. The molecule has 1 unspecified atom stereocenters. The lowest BCUT2D eigenvalue weighted by Gasteiger charge is -2.16. The van der Waals surface area contributed by atoms with Crippen LogP contribution in [0.1, 0.15) is 39.0 Å². The average Bonchev–Trinajstić information content (AvgIpc) is 2.85. The van der Waals surface area contributed by atoms with Gasteiger partial charge in [-0.25, -0.2) is 0 Å². The van der Waals surface area contributed by atoms with Crippen molar-refractivity contribution in [3.63, 3.8) is 0 Å². The summed E-state index contributed by atoms with van der Waals surface area (Å²) in [5.74, 6) is -0.993. The predicted molar refractivity (Wildman–Crippen MR) is 59.2 cm³/mol. The number of hydrogen-bond acceptors (Lipinski definition) is 3. The molecule has 0 saturated heterocycles. The second kappa shape index (κ2) is 5.60. The first kappa shape index (κ1) is 13.4. The molecule has 0 aromatic carbocycles. The normalized spacial score (nSPS) is 18.3. The van der Waals surface area contributed by atoms with Gasteiger partial charge in [-0.15, -0.1) is 0 Å². The summed E-state index contributed by atoms with van der Waals surface area (Å²) in [6.45, 7) is 1.89. The molecule has 1 aliphatic carbocycles. The SMILES string of the molecule is CCCC(CC(=O)O)NS(=O)(=O)NC1CC1. The minimum Gasteiger partial charge on any atom is -0.481 e. The molecule has 0 aromatic rings. The van der Waals surface area contributed by atoms with Crippen molar-refractivity contribution in [1.29, 1.82) is 0 Å². The van der Waals surface area contributed by atoms with E-state index in [0.29, 0.717) is 6.42 Å².